The van der Waals surface area contributed by atoms with Gasteiger partial charge in [-0.1, -0.05) is 29.2 Å². The lowest BCUT2D eigenvalue weighted by Crippen LogP contribution is -2.30. The van der Waals surface area contributed by atoms with E-state index in [1.165, 1.54) is 23.1 Å². The van der Waals surface area contributed by atoms with Gasteiger partial charge in [0.15, 0.2) is 10.2 Å². The molecule has 0 aliphatic heterocycles. The largest absolute Gasteiger partial charge is 0.351 e. The molecule has 0 radical (unpaired) electrons. The van der Waals surface area contributed by atoms with Crippen molar-refractivity contribution in [1.29, 1.82) is 0 Å². The fourth-order valence-electron chi connectivity index (χ4n) is 1.91. The number of nitrogens with one attached hydrogen (secondary N) is 1. The second kappa shape index (κ2) is 7.34. The van der Waals surface area contributed by atoms with Crippen molar-refractivity contribution < 1.29 is 4.79 Å². The van der Waals surface area contributed by atoms with E-state index >= 15 is 0 Å². The standard InChI is InChI=1S/C14H14N6OS2/c1-10(23-14-19-17-9-22-14)13(21)16-8-11-4-2-5-15-12(11)20-7-3-6-18-20/h2-7,9-10H,8H2,1H3,(H,16,21)/t10-/m1/s1. The molecule has 0 fully saturated rings. The quantitative estimate of drug-likeness (QED) is 0.686. The van der Waals surface area contributed by atoms with Crippen LogP contribution in [0.1, 0.15) is 12.5 Å². The van der Waals surface area contributed by atoms with Gasteiger partial charge >= 0.3 is 0 Å². The van der Waals surface area contributed by atoms with Crippen LogP contribution in [-0.4, -0.2) is 36.1 Å². The molecule has 0 aromatic carbocycles. The Hall–Kier alpha value is -2.26. The maximum absolute atomic E-state index is 12.2. The fourth-order valence-corrected chi connectivity index (χ4v) is 3.56. The van der Waals surface area contributed by atoms with Gasteiger partial charge < -0.3 is 5.32 Å². The molecule has 23 heavy (non-hydrogen) atoms. The van der Waals surface area contributed by atoms with Crippen LogP contribution in [0, 0.1) is 0 Å². The van der Waals surface area contributed by atoms with Crippen LogP contribution in [0.3, 0.4) is 0 Å². The average molecular weight is 346 g/mol. The van der Waals surface area contributed by atoms with E-state index in [1.807, 2.05) is 31.3 Å². The Morgan fingerprint density at radius 1 is 1.43 bits per heavy atom. The van der Waals surface area contributed by atoms with Crippen LogP contribution in [0.15, 0.2) is 46.6 Å². The molecular formula is C14H14N6OS2. The van der Waals surface area contributed by atoms with Gasteiger partial charge in [0.25, 0.3) is 0 Å². The molecule has 0 aliphatic rings. The third kappa shape index (κ3) is 3.93. The second-order valence-corrected chi connectivity index (χ2v) is 7.04. The molecule has 3 heterocycles. The first-order valence-electron chi connectivity index (χ1n) is 6.88. The molecule has 1 atom stereocenters. The highest BCUT2D eigenvalue weighted by Gasteiger charge is 2.16. The minimum absolute atomic E-state index is 0.0551. The maximum atomic E-state index is 12.2. The first kappa shape index (κ1) is 15.6. The normalized spacial score (nSPS) is 12.0. The molecule has 3 rings (SSSR count). The highest BCUT2D eigenvalue weighted by molar-refractivity contribution is 8.02. The van der Waals surface area contributed by atoms with Crippen LogP contribution in [0.25, 0.3) is 5.82 Å². The number of amides is 1. The molecule has 0 saturated heterocycles. The fraction of sp³-hybridized carbons (Fsp3) is 0.214. The lowest BCUT2D eigenvalue weighted by Gasteiger charge is -2.12. The number of nitrogens with zero attached hydrogens (tertiary/aromatic N) is 5. The van der Waals surface area contributed by atoms with Crippen molar-refractivity contribution in [1.82, 2.24) is 30.3 Å². The minimum atomic E-state index is -0.243. The van der Waals surface area contributed by atoms with Crippen molar-refractivity contribution in [3.05, 3.63) is 47.9 Å². The van der Waals surface area contributed by atoms with Crippen molar-refractivity contribution in [3.63, 3.8) is 0 Å². The third-order valence-electron chi connectivity index (χ3n) is 3.03. The molecule has 9 heteroatoms. The van der Waals surface area contributed by atoms with E-state index < -0.39 is 0 Å². The van der Waals surface area contributed by atoms with Crippen LogP contribution in [0.2, 0.25) is 0 Å². The summed E-state index contributed by atoms with van der Waals surface area (Å²) in [6, 6.07) is 5.60. The molecule has 3 aromatic heterocycles. The predicted molar refractivity (Wildman–Crippen MR) is 88.4 cm³/mol. The Balaban J connectivity index is 1.63. The number of carbonyl (C=O) groups excluding carboxylic acids is 1. The van der Waals surface area contributed by atoms with Crippen molar-refractivity contribution in [3.8, 4) is 5.82 Å². The van der Waals surface area contributed by atoms with E-state index in [0.29, 0.717) is 12.4 Å². The Labute approximate surface area is 141 Å². The lowest BCUT2D eigenvalue weighted by atomic mass is 10.2. The molecule has 0 saturated carbocycles. The summed E-state index contributed by atoms with van der Waals surface area (Å²) in [5.41, 5.74) is 2.55. The van der Waals surface area contributed by atoms with Gasteiger partial charge in [-0.25, -0.2) is 9.67 Å². The predicted octanol–water partition coefficient (Wildman–Crippen LogP) is 1.92. The number of thioether (sulfide) groups is 1. The SMILES string of the molecule is C[C@@H](Sc1nncs1)C(=O)NCc1cccnc1-n1cccn1. The first-order valence-corrected chi connectivity index (χ1v) is 8.64. The summed E-state index contributed by atoms with van der Waals surface area (Å²) in [5.74, 6) is 0.655. The van der Waals surface area contributed by atoms with Gasteiger partial charge in [-0.2, -0.15) is 5.10 Å². The highest BCUT2D eigenvalue weighted by Crippen LogP contribution is 2.24. The van der Waals surface area contributed by atoms with E-state index in [4.69, 9.17) is 0 Å². The number of rotatable bonds is 6. The zero-order chi connectivity index (χ0) is 16.1. The number of pyridine rings is 1. The Kier molecular flexibility index (Phi) is 4.99. The average Bonchev–Trinajstić information content (AvgIpc) is 3.26. The van der Waals surface area contributed by atoms with E-state index in [-0.39, 0.29) is 11.2 Å². The van der Waals surface area contributed by atoms with Crippen LogP contribution < -0.4 is 5.32 Å². The van der Waals surface area contributed by atoms with Gasteiger partial charge in [0, 0.05) is 30.7 Å². The van der Waals surface area contributed by atoms with Crippen molar-refractivity contribution in [2.45, 2.75) is 23.1 Å². The molecule has 7 nitrogen and oxygen atoms in total. The summed E-state index contributed by atoms with van der Waals surface area (Å²) in [6.07, 6.45) is 5.22. The summed E-state index contributed by atoms with van der Waals surface area (Å²) in [5, 5.41) is 14.6. The smallest absolute Gasteiger partial charge is 0.233 e. The van der Waals surface area contributed by atoms with Gasteiger partial charge in [-0.3, -0.25) is 4.79 Å². The van der Waals surface area contributed by atoms with E-state index in [0.717, 1.165) is 9.90 Å². The van der Waals surface area contributed by atoms with Crippen molar-refractivity contribution in [2.75, 3.05) is 0 Å². The summed E-state index contributed by atoms with van der Waals surface area (Å²) >= 11 is 2.82. The first-order chi connectivity index (χ1) is 11.2. The third-order valence-corrected chi connectivity index (χ3v) is 4.94. The topological polar surface area (TPSA) is 85.6 Å². The van der Waals surface area contributed by atoms with E-state index in [1.54, 1.807) is 22.6 Å². The van der Waals surface area contributed by atoms with E-state index in [9.17, 15) is 4.79 Å². The van der Waals surface area contributed by atoms with Crippen molar-refractivity contribution >= 4 is 29.0 Å². The van der Waals surface area contributed by atoms with Crippen LogP contribution in [0.5, 0.6) is 0 Å². The molecule has 0 unspecified atom stereocenters. The maximum Gasteiger partial charge on any atom is 0.233 e. The highest BCUT2D eigenvalue weighted by atomic mass is 32.2. The monoisotopic (exact) mass is 346 g/mol. The molecular weight excluding hydrogens is 332 g/mol. The van der Waals surface area contributed by atoms with Gasteiger partial charge in [0.05, 0.1) is 5.25 Å². The Bertz CT molecular complexity index is 759. The Morgan fingerprint density at radius 3 is 3.09 bits per heavy atom. The zero-order valence-corrected chi connectivity index (χ0v) is 13.9. The number of carbonyl (C=O) groups is 1. The number of aromatic nitrogens is 5. The molecule has 0 spiro atoms. The van der Waals surface area contributed by atoms with Gasteiger partial charge in [0.1, 0.15) is 5.51 Å². The van der Waals surface area contributed by atoms with Gasteiger partial charge in [-0.05, 0) is 19.1 Å². The molecule has 0 bridgehead atoms. The lowest BCUT2D eigenvalue weighted by molar-refractivity contribution is -0.120. The Morgan fingerprint density at radius 2 is 2.35 bits per heavy atom. The summed E-state index contributed by atoms with van der Waals surface area (Å²) in [6.45, 7) is 2.24. The minimum Gasteiger partial charge on any atom is -0.351 e. The molecule has 0 aliphatic carbocycles. The number of hydrogen-bond acceptors (Lipinski definition) is 7. The zero-order valence-electron chi connectivity index (χ0n) is 12.3. The van der Waals surface area contributed by atoms with E-state index in [2.05, 4.69) is 25.6 Å². The second-order valence-electron chi connectivity index (χ2n) is 4.62. The van der Waals surface area contributed by atoms with Gasteiger partial charge in [0.2, 0.25) is 5.91 Å². The van der Waals surface area contributed by atoms with Crippen LogP contribution in [0.4, 0.5) is 0 Å². The number of hydrogen-bond donors (Lipinski definition) is 1. The van der Waals surface area contributed by atoms with Crippen molar-refractivity contribution in [2.24, 2.45) is 0 Å². The van der Waals surface area contributed by atoms with Crippen LogP contribution >= 0.6 is 23.1 Å². The summed E-state index contributed by atoms with van der Waals surface area (Å²) < 4.78 is 2.47. The molecule has 3 aromatic rings. The van der Waals surface area contributed by atoms with Gasteiger partial charge in [-0.15, -0.1) is 10.2 Å². The van der Waals surface area contributed by atoms with Crippen LogP contribution in [-0.2, 0) is 11.3 Å². The molecule has 1 amide bonds. The summed E-state index contributed by atoms with van der Waals surface area (Å²) in [4.78, 5) is 16.6. The summed E-state index contributed by atoms with van der Waals surface area (Å²) in [7, 11) is 0. The molecule has 1 N–H and O–H groups in total. The molecule has 118 valence electrons.